The van der Waals surface area contributed by atoms with Crippen molar-refractivity contribution < 1.29 is 15.7 Å². The van der Waals surface area contributed by atoms with Gasteiger partial charge in [0.25, 0.3) is 0 Å². The van der Waals surface area contributed by atoms with Gasteiger partial charge in [-0.05, 0) is 19.0 Å². The fourth-order valence-corrected chi connectivity index (χ4v) is 2.03. The third-order valence-corrected chi connectivity index (χ3v) is 2.93. The molecular formula is C16H18N2O3. The van der Waals surface area contributed by atoms with Gasteiger partial charge in [0.15, 0.2) is 0 Å². The van der Waals surface area contributed by atoms with Crippen LogP contribution in [0.1, 0.15) is 20.9 Å². The van der Waals surface area contributed by atoms with E-state index in [2.05, 4.69) is 10.3 Å². The van der Waals surface area contributed by atoms with Gasteiger partial charge in [0.1, 0.15) is 6.04 Å². The normalized spacial score (nSPS) is 12.6. The van der Waals surface area contributed by atoms with Gasteiger partial charge in [-0.25, -0.2) is 4.79 Å². The van der Waals surface area contributed by atoms with Crippen LogP contribution >= 0.6 is 0 Å². The Morgan fingerprint density at radius 3 is 2.86 bits per heavy atom. The first-order valence-corrected chi connectivity index (χ1v) is 6.80. The van der Waals surface area contributed by atoms with Gasteiger partial charge in [-0.2, -0.15) is 0 Å². The number of nitrogens with one attached hydrogen (secondary N) is 1. The third-order valence-electron chi connectivity index (χ3n) is 2.93. The monoisotopic (exact) mass is 287 g/mol. The van der Waals surface area contributed by atoms with E-state index in [1.54, 1.807) is 13.0 Å². The zero-order chi connectivity index (χ0) is 16.1. The third kappa shape index (κ3) is 4.02. The van der Waals surface area contributed by atoms with Crippen LogP contribution in [0.15, 0.2) is 36.4 Å². The predicted molar refractivity (Wildman–Crippen MR) is 79.7 cm³/mol. The smallest absolute Gasteiger partial charge is 0.329 e. The number of pyridine rings is 1. The van der Waals surface area contributed by atoms with Crippen molar-refractivity contribution in [2.24, 2.45) is 0 Å². The number of hydrogen-bond acceptors (Lipinski definition) is 4. The first-order chi connectivity index (χ1) is 10.5. The second kappa shape index (κ2) is 6.83. The molecule has 0 unspecified atom stereocenters. The molecule has 0 aliphatic heterocycles. The minimum atomic E-state index is -0.838. The van der Waals surface area contributed by atoms with Crippen molar-refractivity contribution in [2.45, 2.75) is 26.3 Å². The zero-order valence-corrected chi connectivity index (χ0v) is 12.1. The summed E-state index contributed by atoms with van der Waals surface area (Å²) in [5, 5.41) is 3.42. The number of fused-ring (bicyclic) bond motifs is 1. The van der Waals surface area contributed by atoms with E-state index in [1.165, 1.54) is 6.92 Å². The van der Waals surface area contributed by atoms with Crippen LogP contribution < -0.4 is 5.32 Å². The Morgan fingerprint density at radius 1 is 1.38 bits per heavy atom. The average Bonchev–Trinajstić information content (AvgIpc) is 2.47. The summed E-state index contributed by atoms with van der Waals surface area (Å²) in [7, 11) is 0. The molecule has 2 aromatic rings. The highest BCUT2D eigenvalue weighted by Gasteiger charge is 2.21. The molecule has 1 aromatic carbocycles. The molecule has 0 aliphatic carbocycles. The summed E-state index contributed by atoms with van der Waals surface area (Å²) in [6, 6.07) is 8.56. The molecule has 5 nitrogen and oxygen atoms in total. The van der Waals surface area contributed by atoms with Gasteiger partial charge in [-0.1, -0.05) is 24.3 Å². The quantitative estimate of drug-likeness (QED) is 0.852. The van der Waals surface area contributed by atoms with Gasteiger partial charge in [0.05, 0.1) is 13.5 Å². The summed E-state index contributed by atoms with van der Waals surface area (Å²) in [5.74, 6) is -0.850. The van der Waals surface area contributed by atoms with Crippen LogP contribution in [-0.2, 0) is 20.7 Å². The number of ether oxygens (including phenoxy) is 1. The molecule has 0 saturated carbocycles. The minimum Gasteiger partial charge on any atom is -0.464 e. The van der Waals surface area contributed by atoms with E-state index >= 15 is 0 Å². The molecule has 0 bridgehead atoms. The molecule has 5 heteroatoms. The van der Waals surface area contributed by atoms with Crippen molar-refractivity contribution in [1.29, 1.82) is 0 Å². The molecule has 0 fully saturated rings. The SMILES string of the molecule is [2H]c1cc2ccccc2nc1C[C@H](NC(C)=O)C(=O)OCC. The number of benzene rings is 1. The molecule has 1 aromatic heterocycles. The number of aromatic nitrogens is 1. The van der Waals surface area contributed by atoms with Crippen molar-refractivity contribution in [3.8, 4) is 0 Å². The molecule has 2 rings (SSSR count). The Kier molecular flexibility index (Phi) is 4.41. The second-order valence-corrected chi connectivity index (χ2v) is 4.62. The first kappa shape index (κ1) is 13.5. The maximum atomic E-state index is 11.9. The molecule has 1 N–H and O–H groups in total. The topological polar surface area (TPSA) is 68.3 Å². The average molecular weight is 287 g/mol. The lowest BCUT2D eigenvalue weighted by molar-refractivity contribution is -0.147. The van der Waals surface area contributed by atoms with Gasteiger partial charge in [-0.15, -0.1) is 0 Å². The van der Waals surface area contributed by atoms with Gasteiger partial charge in [0.2, 0.25) is 5.91 Å². The molecule has 110 valence electrons. The van der Waals surface area contributed by atoms with Crippen LogP contribution in [-0.4, -0.2) is 29.5 Å². The van der Waals surface area contributed by atoms with E-state index in [0.29, 0.717) is 5.69 Å². The molecule has 1 heterocycles. The summed E-state index contributed by atoms with van der Waals surface area (Å²) in [4.78, 5) is 27.6. The number of rotatable bonds is 5. The largest absolute Gasteiger partial charge is 0.464 e. The molecule has 21 heavy (non-hydrogen) atoms. The maximum Gasteiger partial charge on any atom is 0.329 e. The Hall–Kier alpha value is -2.43. The molecule has 0 spiro atoms. The van der Waals surface area contributed by atoms with Crippen LogP contribution in [0.25, 0.3) is 10.9 Å². The van der Waals surface area contributed by atoms with Gasteiger partial charge >= 0.3 is 5.97 Å². The van der Waals surface area contributed by atoms with Gasteiger partial charge in [-0.3, -0.25) is 9.78 Å². The van der Waals surface area contributed by atoms with Crippen molar-refractivity contribution >= 4 is 22.8 Å². The van der Waals surface area contributed by atoms with Gasteiger partial charge < -0.3 is 10.1 Å². The Bertz CT molecular complexity index is 703. The maximum absolute atomic E-state index is 11.9. The lowest BCUT2D eigenvalue weighted by Gasteiger charge is -2.16. The Balaban J connectivity index is 2.30. The van der Waals surface area contributed by atoms with Crippen LogP contribution in [0.4, 0.5) is 0 Å². The van der Waals surface area contributed by atoms with Gasteiger partial charge in [0, 0.05) is 24.4 Å². The van der Waals surface area contributed by atoms with Crippen LogP contribution in [0.2, 0.25) is 0 Å². The fraction of sp³-hybridized carbons (Fsp3) is 0.312. The molecule has 1 amide bonds. The number of carbonyl (C=O) groups is 2. The standard InChI is InChI=1S/C16H18N2O3/c1-3-21-16(20)15(17-11(2)19)10-13-9-8-12-6-4-5-7-14(12)18-13/h4-9,15H,3,10H2,1-2H3,(H,17,19)/t15-/m0/s1/i9D. The molecular weight excluding hydrogens is 268 g/mol. The lowest BCUT2D eigenvalue weighted by atomic mass is 10.1. The summed E-state index contributed by atoms with van der Waals surface area (Å²) in [5.41, 5.74) is 1.20. The molecule has 0 radical (unpaired) electrons. The van der Waals surface area contributed by atoms with Crippen LogP contribution in [0, 0.1) is 0 Å². The van der Waals surface area contributed by atoms with E-state index < -0.39 is 12.0 Å². The summed E-state index contributed by atoms with van der Waals surface area (Å²) in [6.45, 7) is 3.27. The number of hydrogen-bond donors (Lipinski definition) is 1. The van der Waals surface area contributed by atoms with E-state index in [9.17, 15) is 9.59 Å². The number of para-hydroxylation sites is 1. The minimum absolute atomic E-state index is 0.127. The van der Waals surface area contributed by atoms with E-state index in [1.807, 2.05) is 24.3 Å². The Labute approximate surface area is 124 Å². The van der Waals surface area contributed by atoms with Crippen molar-refractivity contribution in [3.05, 3.63) is 42.1 Å². The molecule has 0 aliphatic rings. The molecule has 0 saturated heterocycles. The highest BCUT2D eigenvalue weighted by molar-refractivity contribution is 5.83. The van der Waals surface area contributed by atoms with E-state index in [0.717, 1.165) is 10.9 Å². The second-order valence-electron chi connectivity index (χ2n) is 4.62. The first-order valence-electron chi connectivity index (χ1n) is 7.30. The number of esters is 1. The predicted octanol–water partition coefficient (Wildman–Crippen LogP) is 1.85. The van der Waals surface area contributed by atoms with Crippen LogP contribution in [0.3, 0.4) is 0 Å². The van der Waals surface area contributed by atoms with E-state index in [4.69, 9.17) is 6.11 Å². The van der Waals surface area contributed by atoms with Crippen LogP contribution in [0.5, 0.6) is 0 Å². The van der Waals surface area contributed by atoms with E-state index in [-0.39, 0.29) is 25.0 Å². The van der Waals surface area contributed by atoms with Crippen molar-refractivity contribution in [3.63, 3.8) is 0 Å². The Morgan fingerprint density at radius 2 is 2.14 bits per heavy atom. The fourth-order valence-electron chi connectivity index (χ4n) is 2.03. The number of nitrogens with zero attached hydrogens (tertiary/aromatic N) is 1. The highest BCUT2D eigenvalue weighted by Crippen LogP contribution is 2.13. The van der Waals surface area contributed by atoms with Crippen molar-refractivity contribution in [2.75, 3.05) is 6.61 Å². The lowest BCUT2D eigenvalue weighted by Crippen LogP contribution is -2.42. The molecule has 1 atom stereocenters. The zero-order valence-electron chi connectivity index (χ0n) is 13.1. The highest BCUT2D eigenvalue weighted by atomic mass is 16.5. The summed E-state index contributed by atoms with van der Waals surface area (Å²) >= 11 is 0. The van der Waals surface area contributed by atoms with Crippen molar-refractivity contribution in [1.82, 2.24) is 10.3 Å². The summed E-state index contributed by atoms with van der Waals surface area (Å²) in [6.07, 6.45) is 0.127. The number of carbonyl (C=O) groups excluding carboxylic acids is 2. The number of amides is 1. The summed E-state index contributed by atoms with van der Waals surface area (Å²) < 4.78 is 13.0.